The van der Waals surface area contributed by atoms with Crippen LogP contribution < -0.4 is 11.1 Å². The van der Waals surface area contributed by atoms with E-state index in [-0.39, 0.29) is 0 Å². The van der Waals surface area contributed by atoms with Gasteiger partial charge in [0.1, 0.15) is 0 Å². The number of nitrogens with one attached hydrogen (secondary N) is 1. The van der Waals surface area contributed by atoms with E-state index >= 15 is 0 Å². The van der Waals surface area contributed by atoms with Crippen LogP contribution in [0, 0.1) is 11.3 Å². The monoisotopic (exact) mass is 226 g/mol. The van der Waals surface area contributed by atoms with Gasteiger partial charge in [0.15, 0.2) is 0 Å². The summed E-state index contributed by atoms with van der Waals surface area (Å²) in [7, 11) is 0. The maximum absolute atomic E-state index is 5.62. The molecule has 0 heterocycles. The van der Waals surface area contributed by atoms with E-state index in [4.69, 9.17) is 5.73 Å². The first-order valence-electron chi connectivity index (χ1n) is 6.97. The van der Waals surface area contributed by atoms with Gasteiger partial charge >= 0.3 is 0 Å². The normalized spacial score (nSPS) is 26.2. The van der Waals surface area contributed by atoms with Crippen molar-refractivity contribution in [2.75, 3.05) is 13.1 Å². The predicted molar refractivity (Wildman–Crippen MR) is 71.5 cm³/mol. The minimum Gasteiger partial charge on any atom is -0.330 e. The first kappa shape index (κ1) is 14.0. The van der Waals surface area contributed by atoms with E-state index in [1.807, 2.05) is 0 Å². The molecule has 0 aromatic heterocycles. The van der Waals surface area contributed by atoms with Gasteiger partial charge in [-0.15, -0.1) is 0 Å². The molecule has 16 heavy (non-hydrogen) atoms. The van der Waals surface area contributed by atoms with Crippen molar-refractivity contribution in [1.29, 1.82) is 0 Å². The SMILES string of the molecule is CC1CCC(NCCCC(C)(C)CCN)C1. The zero-order chi connectivity index (χ0) is 12.0. The predicted octanol–water partition coefficient (Wildman–Crippen LogP) is 2.92. The highest BCUT2D eigenvalue weighted by Gasteiger charge is 2.21. The van der Waals surface area contributed by atoms with Crippen molar-refractivity contribution >= 4 is 0 Å². The first-order valence-corrected chi connectivity index (χ1v) is 6.97. The highest BCUT2D eigenvalue weighted by atomic mass is 14.9. The highest BCUT2D eigenvalue weighted by Crippen LogP contribution is 2.27. The molecule has 1 fully saturated rings. The Balaban J connectivity index is 2.03. The third-order valence-electron chi connectivity index (χ3n) is 3.98. The highest BCUT2D eigenvalue weighted by molar-refractivity contribution is 4.78. The van der Waals surface area contributed by atoms with Crippen LogP contribution in [-0.2, 0) is 0 Å². The summed E-state index contributed by atoms with van der Waals surface area (Å²) in [5.41, 5.74) is 6.05. The molecule has 0 aromatic carbocycles. The molecule has 0 spiro atoms. The average molecular weight is 226 g/mol. The second kappa shape index (κ2) is 6.61. The largest absolute Gasteiger partial charge is 0.330 e. The molecule has 3 N–H and O–H groups in total. The lowest BCUT2D eigenvalue weighted by Crippen LogP contribution is -2.28. The molecule has 1 rings (SSSR count). The molecule has 96 valence electrons. The Morgan fingerprint density at radius 1 is 1.25 bits per heavy atom. The summed E-state index contributed by atoms with van der Waals surface area (Å²) in [5, 5.41) is 3.70. The number of hydrogen-bond acceptors (Lipinski definition) is 2. The van der Waals surface area contributed by atoms with Gasteiger partial charge in [-0.25, -0.2) is 0 Å². The van der Waals surface area contributed by atoms with E-state index in [0.29, 0.717) is 5.41 Å². The number of nitrogens with two attached hydrogens (primary N) is 1. The zero-order valence-electron chi connectivity index (χ0n) is 11.4. The summed E-state index contributed by atoms with van der Waals surface area (Å²) >= 11 is 0. The summed E-state index contributed by atoms with van der Waals surface area (Å²) in [6.45, 7) is 9.03. The Bertz CT molecular complexity index is 189. The standard InChI is InChI=1S/C14H30N2/c1-12-5-6-13(11-12)16-10-4-7-14(2,3)8-9-15/h12-13,16H,4-11,15H2,1-3H3. The van der Waals surface area contributed by atoms with E-state index < -0.39 is 0 Å². The van der Waals surface area contributed by atoms with Crippen LogP contribution in [0.2, 0.25) is 0 Å². The second-order valence-corrected chi connectivity index (χ2v) is 6.38. The van der Waals surface area contributed by atoms with Crippen LogP contribution in [0.4, 0.5) is 0 Å². The minimum absolute atomic E-state index is 0.430. The van der Waals surface area contributed by atoms with Gasteiger partial charge in [0.2, 0.25) is 0 Å². The van der Waals surface area contributed by atoms with Crippen molar-refractivity contribution in [1.82, 2.24) is 5.32 Å². The molecule has 0 radical (unpaired) electrons. The van der Waals surface area contributed by atoms with Gasteiger partial charge in [-0.2, -0.15) is 0 Å². The smallest absolute Gasteiger partial charge is 0.00696 e. The van der Waals surface area contributed by atoms with Gasteiger partial charge in [0.05, 0.1) is 0 Å². The Morgan fingerprint density at radius 2 is 2.00 bits per heavy atom. The van der Waals surface area contributed by atoms with Crippen molar-refractivity contribution in [2.45, 2.75) is 65.3 Å². The molecular weight excluding hydrogens is 196 g/mol. The molecule has 1 aliphatic rings. The maximum atomic E-state index is 5.62. The fraction of sp³-hybridized carbons (Fsp3) is 1.00. The number of rotatable bonds is 7. The lowest BCUT2D eigenvalue weighted by Gasteiger charge is -2.24. The topological polar surface area (TPSA) is 38.0 Å². The molecule has 1 aliphatic carbocycles. The van der Waals surface area contributed by atoms with Crippen molar-refractivity contribution in [3.63, 3.8) is 0 Å². The minimum atomic E-state index is 0.430. The summed E-state index contributed by atoms with van der Waals surface area (Å²) in [5.74, 6) is 0.936. The van der Waals surface area contributed by atoms with Crippen LogP contribution in [0.3, 0.4) is 0 Å². The van der Waals surface area contributed by atoms with Crippen molar-refractivity contribution < 1.29 is 0 Å². The Kier molecular flexibility index (Phi) is 5.77. The fourth-order valence-electron chi connectivity index (χ4n) is 2.78. The molecule has 0 saturated heterocycles. The molecule has 0 aliphatic heterocycles. The van der Waals surface area contributed by atoms with Crippen LogP contribution in [0.5, 0.6) is 0 Å². The van der Waals surface area contributed by atoms with E-state index in [1.165, 1.54) is 38.6 Å². The zero-order valence-corrected chi connectivity index (χ0v) is 11.4. The van der Waals surface area contributed by atoms with Gasteiger partial charge in [-0.1, -0.05) is 20.8 Å². The molecule has 2 unspecified atom stereocenters. The molecule has 2 atom stereocenters. The second-order valence-electron chi connectivity index (χ2n) is 6.38. The number of hydrogen-bond donors (Lipinski definition) is 2. The van der Waals surface area contributed by atoms with Crippen LogP contribution in [0.25, 0.3) is 0 Å². The molecular formula is C14H30N2. The average Bonchev–Trinajstić information content (AvgIpc) is 2.59. The lowest BCUT2D eigenvalue weighted by molar-refractivity contribution is 0.299. The van der Waals surface area contributed by atoms with E-state index in [9.17, 15) is 0 Å². The first-order chi connectivity index (χ1) is 7.53. The lowest BCUT2D eigenvalue weighted by atomic mass is 9.84. The van der Waals surface area contributed by atoms with Gasteiger partial charge in [0, 0.05) is 6.04 Å². The van der Waals surface area contributed by atoms with Crippen molar-refractivity contribution in [2.24, 2.45) is 17.1 Å². The van der Waals surface area contributed by atoms with Crippen molar-refractivity contribution in [3.05, 3.63) is 0 Å². The van der Waals surface area contributed by atoms with E-state index in [1.54, 1.807) is 0 Å². The molecule has 0 bridgehead atoms. The van der Waals surface area contributed by atoms with Crippen LogP contribution >= 0.6 is 0 Å². The molecule has 0 aromatic rings. The Morgan fingerprint density at radius 3 is 2.56 bits per heavy atom. The van der Waals surface area contributed by atoms with Crippen LogP contribution in [0.15, 0.2) is 0 Å². The Hall–Kier alpha value is -0.0800. The van der Waals surface area contributed by atoms with Crippen LogP contribution in [-0.4, -0.2) is 19.1 Å². The van der Waals surface area contributed by atoms with Crippen LogP contribution in [0.1, 0.15) is 59.3 Å². The van der Waals surface area contributed by atoms with Gasteiger partial charge in [-0.05, 0) is 62.9 Å². The van der Waals surface area contributed by atoms with Crippen molar-refractivity contribution in [3.8, 4) is 0 Å². The van der Waals surface area contributed by atoms with Gasteiger partial charge in [-0.3, -0.25) is 0 Å². The summed E-state index contributed by atoms with van der Waals surface area (Å²) < 4.78 is 0. The van der Waals surface area contributed by atoms with E-state index in [0.717, 1.165) is 24.9 Å². The maximum Gasteiger partial charge on any atom is 0.00696 e. The molecule has 0 amide bonds. The van der Waals surface area contributed by atoms with Gasteiger partial charge < -0.3 is 11.1 Å². The third kappa shape index (κ3) is 5.31. The summed E-state index contributed by atoms with van der Waals surface area (Å²) in [4.78, 5) is 0. The molecule has 2 heteroatoms. The van der Waals surface area contributed by atoms with E-state index in [2.05, 4.69) is 26.1 Å². The van der Waals surface area contributed by atoms with Gasteiger partial charge in [0.25, 0.3) is 0 Å². The molecule has 2 nitrogen and oxygen atoms in total. The summed E-state index contributed by atoms with van der Waals surface area (Å²) in [6.07, 6.45) is 7.90. The quantitative estimate of drug-likeness (QED) is 0.655. The third-order valence-corrected chi connectivity index (χ3v) is 3.98. The Labute approximate surface area is 101 Å². The fourth-order valence-corrected chi connectivity index (χ4v) is 2.78. The molecule has 1 saturated carbocycles. The summed E-state index contributed by atoms with van der Waals surface area (Å²) in [6, 6.07) is 0.799.